The van der Waals surface area contributed by atoms with Gasteiger partial charge in [-0.25, -0.2) is 0 Å². The normalized spacial score (nSPS) is 27.1. The summed E-state index contributed by atoms with van der Waals surface area (Å²) in [6.07, 6.45) is -1.51. The van der Waals surface area contributed by atoms with Gasteiger partial charge >= 0.3 is 0 Å². The summed E-state index contributed by atoms with van der Waals surface area (Å²) in [6, 6.07) is 5.45. The Balaban J connectivity index is 1.94. The molecule has 2 heterocycles. The molecule has 2 aliphatic heterocycles. The fraction of sp³-hybridized carbons (Fsp3) is 0.500. The van der Waals surface area contributed by atoms with Crippen LogP contribution < -0.4 is 19.7 Å². The molecule has 0 amide bonds. The van der Waals surface area contributed by atoms with Crippen LogP contribution in [-0.2, 0) is 0 Å². The molecule has 0 spiro atoms. The van der Waals surface area contributed by atoms with E-state index in [1.165, 1.54) is 0 Å². The second-order valence-corrected chi connectivity index (χ2v) is 4.37. The van der Waals surface area contributed by atoms with E-state index in [9.17, 15) is 10.2 Å². The van der Waals surface area contributed by atoms with Gasteiger partial charge in [0.2, 0.25) is 6.29 Å². The third kappa shape index (κ3) is 1.98. The van der Waals surface area contributed by atoms with Crippen LogP contribution in [0, 0.1) is 0 Å². The molecule has 1 saturated heterocycles. The first-order valence-corrected chi connectivity index (χ1v) is 6.01. The highest BCUT2D eigenvalue weighted by Gasteiger charge is 2.27. The molecule has 1 aromatic rings. The zero-order chi connectivity index (χ0) is 12.5. The molecule has 0 saturated carbocycles. The van der Waals surface area contributed by atoms with Crippen molar-refractivity contribution in [2.45, 2.75) is 12.5 Å². The summed E-state index contributed by atoms with van der Waals surface area (Å²) < 4.78 is 10.8. The molecule has 18 heavy (non-hydrogen) atoms. The molecule has 0 aromatic heterocycles. The predicted molar refractivity (Wildman–Crippen MR) is 64.8 cm³/mol. The van der Waals surface area contributed by atoms with Crippen LogP contribution >= 0.6 is 0 Å². The Morgan fingerprint density at radius 2 is 2.22 bits per heavy atom. The lowest BCUT2D eigenvalue weighted by Crippen LogP contribution is -2.51. The third-order valence-corrected chi connectivity index (χ3v) is 3.12. The summed E-state index contributed by atoms with van der Waals surface area (Å²) in [5.41, 5.74) is 0.799. The standard InChI is InChI=1S/C12H16N2O4/c15-10-6-13-4-5-14(10)8-2-1-3-9-12(8)17-7-11(16)18-9/h1-3,10-11,13,15-16H,4-7H2. The smallest absolute Gasteiger partial charge is 0.232 e. The Hall–Kier alpha value is -1.50. The molecule has 3 N–H and O–H groups in total. The van der Waals surface area contributed by atoms with Gasteiger partial charge < -0.3 is 29.9 Å². The van der Waals surface area contributed by atoms with E-state index in [1.807, 2.05) is 17.0 Å². The number of aliphatic hydroxyl groups excluding tert-OH is 2. The first-order valence-electron chi connectivity index (χ1n) is 6.01. The number of rotatable bonds is 1. The van der Waals surface area contributed by atoms with Crippen LogP contribution in [0.4, 0.5) is 5.69 Å². The second-order valence-electron chi connectivity index (χ2n) is 4.37. The van der Waals surface area contributed by atoms with E-state index in [0.29, 0.717) is 24.6 Å². The van der Waals surface area contributed by atoms with Gasteiger partial charge in [0.05, 0.1) is 5.69 Å². The number of para-hydroxylation sites is 1. The molecular weight excluding hydrogens is 236 g/mol. The van der Waals surface area contributed by atoms with Crippen molar-refractivity contribution in [3.8, 4) is 11.5 Å². The number of β-amino-alcohol motifs (C(OH)–C–C–N with tert-alkyl or cyclic N) is 1. The quantitative estimate of drug-likeness (QED) is 0.626. The summed E-state index contributed by atoms with van der Waals surface area (Å²) in [5.74, 6) is 1.10. The number of piperazine rings is 1. The minimum absolute atomic E-state index is 0.103. The molecule has 1 aromatic carbocycles. The molecule has 2 unspecified atom stereocenters. The van der Waals surface area contributed by atoms with Crippen molar-refractivity contribution in [3.05, 3.63) is 18.2 Å². The lowest BCUT2D eigenvalue weighted by Gasteiger charge is -2.36. The summed E-state index contributed by atoms with van der Waals surface area (Å²) in [6.45, 7) is 2.13. The van der Waals surface area contributed by atoms with Gasteiger partial charge in [0.15, 0.2) is 18.1 Å². The van der Waals surface area contributed by atoms with Crippen molar-refractivity contribution >= 4 is 5.69 Å². The molecule has 2 aliphatic rings. The van der Waals surface area contributed by atoms with Gasteiger partial charge in [-0.15, -0.1) is 0 Å². The van der Waals surface area contributed by atoms with Crippen molar-refractivity contribution in [2.24, 2.45) is 0 Å². The Labute approximate surface area is 105 Å². The van der Waals surface area contributed by atoms with E-state index in [2.05, 4.69) is 5.32 Å². The van der Waals surface area contributed by atoms with Gasteiger partial charge in [-0.3, -0.25) is 0 Å². The average molecular weight is 252 g/mol. The van der Waals surface area contributed by atoms with Crippen molar-refractivity contribution < 1.29 is 19.7 Å². The first-order chi connectivity index (χ1) is 8.75. The topological polar surface area (TPSA) is 74.2 Å². The van der Waals surface area contributed by atoms with Crippen molar-refractivity contribution in [1.29, 1.82) is 0 Å². The van der Waals surface area contributed by atoms with E-state index < -0.39 is 12.5 Å². The summed E-state index contributed by atoms with van der Waals surface area (Å²) in [4.78, 5) is 1.87. The molecular formula is C12H16N2O4. The number of aliphatic hydroxyl groups is 2. The molecule has 1 fully saturated rings. The molecule has 3 rings (SSSR count). The van der Waals surface area contributed by atoms with Crippen molar-refractivity contribution in [2.75, 3.05) is 31.1 Å². The Kier molecular flexibility index (Phi) is 2.99. The van der Waals surface area contributed by atoms with Crippen molar-refractivity contribution in [1.82, 2.24) is 5.32 Å². The number of hydrogen-bond donors (Lipinski definition) is 3. The van der Waals surface area contributed by atoms with Gasteiger partial charge in [0, 0.05) is 19.6 Å². The lowest BCUT2D eigenvalue weighted by molar-refractivity contribution is -0.0668. The largest absolute Gasteiger partial charge is 0.481 e. The number of nitrogens with zero attached hydrogens (tertiary/aromatic N) is 1. The molecule has 0 radical (unpaired) electrons. The van der Waals surface area contributed by atoms with Gasteiger partial charge in [0.1, 0.15) is 6.23 Å². The fourth-order valence-electron chi connectivity index (χ4n) is 2.27. The molecule has 0 aliphatic carbocycles. The Bertz CT molecular complexity index is 440. The number of ether oxygens (including phenoxy) is 2. The predicted octanol–water partition coefficient (Wildman–Crippen LogP) is -0.496. The molecule has 6 nitrogen and oxygen atoms in total. The fourth-order valence-corrected chi connectivity index (χ4v) is 2.27. The van der Waals surface area contributed by atoms with Crippen LogP contribution in [0.25, 0.3) is 0 Å². The SMILES string of the molecule is OC1COc2c(cccc2N2CCNCC2O)O1. The molecule has 98 valence electrons. The minimum Gasteiger partial charge on any atom is -0.481 e. The van der Waals surface area contributed by atoms with E-state index in [4.69, 9.17) is 9.47 Å². The van der Waals surface area contributed by atoms with Crippen LogP contribution in [0.3, 0.4) is 0 Å². The molecule has 0 bridgehead atoms. The summed E-state index contributed by atoms with van der Waals surface area (Å²) in [5, 5.41) is 22.5. The van der Waals surface area contributed by atoms with Gasteiger partial charge in [-0.2, -0.15) is 0 Å². The third-order valence-electron chi connectivity index (χ3n) is 3.12. The van der Waals surface area contributed by atoms with E-state index in [0.717, 1.165) is 12.2 Å². The maximum absolute atomic E-state index is 9.99. The summed E-state index contributed by atoms with van der Waals surface area (Å²) in [7, 11) is 0. The van der Waals surface area contributed by atoms with Crippen LogP contribution in [-0.4, -0.2) is 49.0 Å². The lowest BCUT2D eigenvalue weighted by atomic mass is 10.2. The maximum Gasteiger partial charge on any atom is 0.232 e. The number of hydrogen-bond acceptors (Lipinski definition) is 6. The highest BCUT2D eigenvalue weighted by atomic mass is 16.7. The van der Waals surface area contributed by atoms with Crippen LogP contribution in [0.2, 0.25) is 0 Å². The van der Waals surface area contributed by atoms with Gasteiger partial charge in [-0.1, -0.05) is 6.07 Å². The Morgan fingerprint density at radius 3 is 3.06 bits per heavy atom. The van der Waals surface area contributed by atoms with Crippen LogP contribution in [0.15, 0.2) is 18.2 Å². The number of fused-ring (bicyclic) bond motifs is 1. The minimum atomic E-state index is -0.930. The first kappa shape index (κ1) is 11.6. The summed E-state index contributed by atoms with van der Waals surface area (Å²) >= 11 is 0. The average Bonchev–Trinajstić information content (AvgIpc) is 2.38. The van der Waals surface area contributed by atoms with Gasteiger partial charge in [0.25, 0.3) is 0 Å². The van der Waals surface area contributed by atoms with Crippen LogP contribution in [0.1, 0.15) is 0 Å². The van der Waals surface area contributed by atoms with E-state index >= 15 is 0 Å². The highest BCUT2D eigenvalue weighted by molar-refractivity contribution is 5.65. The van der Waals surface area contributed by atoms with Gasteiger partial charge in [-0.05, 0) is 12.1 Å². The molecule has 2 atom stereocenters. The highest BCUT2D eigenvalue weighted by Crippen LogP contribution is 2.40. The maximum atomic E-state index is 9.99. The van der Waals surface area contributed by atoms with Crippen LogP contribution in [0.5, 0.6) is 11.5 Å². The number of benzene rings is 1. The van der Waals surface area contributed by atoms with E-state index in [-0.39, 0.29) is 6.61 Å². The van der Waals surface area contributed by atoms with Crippen molar-refractivity contribution in [3.63, 3.8) is 0 Å². The monoisotopic (exact) mass is 252 g/mol. The number of anilines is 1. The molecule has 6 heteroatoms. The van der Waals surface area contributed by atoms with E-state index in [1.54, 1.807) is 6.07 Å². The zero-order valence-corrected chi connectivity index (χ0v) is 9.87. The second kappa shape index (κ2) is 4.64. The zero-order valence-electron chi connectivity index (χ0n) is 9.87. The number of nitrogens with one attached hydrogen (secondary N) is 1. The Morgan fingerprint density at radius 1 is 1.33 bits per heavy atom.